The van der Waals surface area contributed by atoms with Crippen LogP contribution >= 0.6 is 0 Å². The fourth-order valence-electron chi connectivity index (χ4n) is 3.21. The molecule has 0 aromatic carbocycles. The van der Waals surface area contributed by atoms with Crippen molar-refractivity contribution in [2.75, 3.05) is 13.7 Å². The molecule has 3 aromatic heterocycles. The standard InChI is InChI=1S/C15H18N6O/c1-22-12-7-13(15-17-10-18-19-15)20(9-12)8-11-3-2-4-14-16-5-6-21(11)14/h2-6,10,12-13H,7-9H2,1H3,(H,17,18,19)/t12-,13+/m1/s1. The average Bonchev–Trinajstić information content (AvgIpc) is 3.27. The van der Waals surface area contributed by atoms with E-state index in [-0.39, 0.29) is 12.1 Å². The number of pyridine rings is 1. The fourth-order valence-corrected chi connectivity index (χ4v) is 3.21. The van der Waals surface area contributed by atoms with Gasteiger partial charge in [0.1, 0.15) is 17.8 Å². The Kier molecular flexibility index (Phi) is 3.36. The highest BCUT2D eigenvalue weighted by Gasteiger charge is 2.35. The molecule has 4 rings (SSSR count). The molecule has 22 heavy (non-hydrogen) atoms. The third-order valence-corrected chi connectivity index (χ3v) is 4.33. The molecule has 0 radical (unpaired) electrons. The maximum Gasteiger partial charge on any atom is 0.141 e. The van der Waals surface area contributed by atoms with Crippen molar-refractivity contribution in [2.24, 2.45) is 0 Å². The van der Waals surface area contributed by atoms with E-state index in [1.807, 2.05) is 24.5 Å². The molecule has 7 heteroatoms. The Morgan fingerprint density at radius 1 is 1.36 bits per heavy atom. The second-order valence-electron chi connectivity index (χ2n) is 5.58. The summed E-state index contributed by atoms with van der Waals surface area (Å²) in [5.74, 6) is 0.900. The second kappa shape index (κ2) is 5.51. The number of rotatable bonds is 4. The highest BCUT2D eigenvalue weighted by Crippen LogP contribution is 2.32. The number of H-pyrrole nitrogens is 1. The number of likely N-dealkylation sites (tertiary alicyclic amines) is 1. The van der Waals surface area contributed by atoms with Gasteiger partial charge in [-0.25, -0.2) is 9.97 Å². The molecular formula is C15H18N6O. The lowest BCUT2D eigenvalue weighted by Crippen LogP contribution is -2.26. The van der Waals surface area contributed by atoms with E-state index in [1.54, 1.807) is 13.4 Å². The summed E-state index contributed by atoms with van der Waals surface area (Å²) >= 11 is 0. The average molecular weight is 298 g/mol. The molecule has 0 saturated carbocycles. The van der Waals surface area contributed by atoms with Crippen molar-refractivity contribution in [1.82, 2.24) is 29.5 Å². The van der Waals surface area contributed by atoms with Crippen molar-refractivity contribution in [3.63, 3.8) is 0 Å². The molecule has 114 valence electrons. The Morgan fingerprint density at radius 2 is 2.32 bits per heavy atom. The number of imidazole rings is 1. The Morgan fingerprint density at radius 3 is 3.14 bits per heavy atom. The van der Waals surface area contributed by atoms with E-state index < -0.39 is 0 Å². The summed E-state index contributed by atoms with van der Waals surface area (Å²) < 4.78 is 7.68. The number of hydrogen-bond donors (Lipinski definition) is 1. The smallest absolute Gasteiger partial charge is 0.141 e. The maximum atomic E-state index is 5.56. The normalized spacial score (nSPS) is 22.6. The van der Waals surface area contributed by atoms with Gasteiger partial charge in [0.05, 0.1) is 12.1 Å². The zero-order chi connectivity index (χ0) is 14.9. The molecule has 1 saturated heterocycles. The van der Waals surface area contributed by atoms with Crippen molar-refractivity contribution >= 4 is 5.65 Å². The van der Waals surface area contributed by atoms with Gasteiger partial charge >= 0.3 is 0 Å². The molecule has 0 spiro atoms. The number of nitrogens with zero attached hydrogens (tertiary/aromatic N) is 5. The van der Waals surface area contributed by atoms with Crippen molar-refractivity contribution < 1.29 is 4.74 Å². The van der Waals surface area contributed by atoms with Crippen LogP contribution in [0.1, 0.15) is 24.0 Å². The largest absolute Gasteiger partial charge is 0.380 e. The number of fused-ring (bicyclic) bond motifs is 1. The first-order chi connectivity index (χ1) is 10.8. The van der Waals surface area contributed by atoms with Crippen LogP contribution in [0.15, 0.2) is 36.9 Å². The molecule has 7 nitrogen and oxygen atoms in total. The Bertz CT molecular complexity index is 752. The van der Waals surface area contributed by atoms with Crippen LogP contribution in [0.3, 0.4) is 0 Å². The van der Waals surface area contributed by atoms with E-state index >= 15 is 0 Å². The first-order valence-electron chi connectivity index (χ1n) is 7.38. The molecule has 0 amide bonds. The number of nitrogens with one attached hydrogen (secondary N) is 1. The molecule has 1 N–H and O–H groups in total. The van der Waals surface area contributed by atoms with Crippen LogP contribution in [-0.4, -0.2) is 49.2 Å². The Labute approximate surface area is 128 Å². The van der Waals surface area contributed by atoms with Gasteiger partial charge in [0.25, 0.3) is 0 Å². The van der Waals surface area contributed by atoms with Crippen LogP contribution < -0.4 is 0 Å². The Hall–Kier alpha value is -2.25. The highest BCUT2D eigenvalue weighted by atomic mass is 16.5. The van der Waals surface area contributed by atoms with Gasteiger partial charge in [-0.15, -0.1) is 0 Å². The monoisotopic (exact) mass is 298 g/mol. The van der Waals surface area contributed by atoms with Crippen molar-refractivity contribution in [1.29, 1.82) is 0 Å². The molecule has 1 aliphatic rings. The minimum absolute atomic E-state index is 0.200. The van der Waals surface area contributed by atoms with Gasteiger partial charge < -0.3 is 9.14 Å². The molecular weight excluding hydrogens is 280 g/mol. The topological polar surface area (TPSA) is 71.3 Å². The molecule has 0 aliphatic carbocycles. The van der Waals surface area contributed by atoms with Crippen LogP contribution in [0.5, 0.6) is 0 Å². The lowest BCUT2D eigenvalue weighted by atomic mass is 10.2. The first-order valence-corrected chi connectivity index (χ1v) is 7.38. The van der Waals surface area contributed by atoms with Crippen molar-refractivity contribution in [2.45, 2.75) is 25.1 Å². The minimum atomic E-state index is 0.200. The van der Waals surface area contributed by atoms with E-state index in [1.165, 1.54) is 5.69 Å². The summed E-state index contributed by atoms with van der Waals surface area (Å²) in [4.78, 5) is 11.1. The molecule has 1 aliphatic heterocycles. The van der Waals surface area contributed by atoms with Gasteiger partial charge in [0.15, 0.2) is 0 Å². The number of methoxy groups -OCH3 is 1. The van der Waals surface area contributed by atoms with E-state index in [2.05, 4.69) is 35.5 Å². The molecule has 4 heterocycles. The zero-order valence-corrected chi connectivity index (χ0v) is 12.4. The molecule has 1 fully saturated rings. The predicted molar refractivity (Wildman–Crippen MR) is 80.1 cm³/mol. The van der Waals surface area contributed by atoms with Gasteiger partial charge in [0, 0.05) is 38.3 Å². The second-order valence-corrected chi connectivity index (χ2v) is 5.58. The summed E-state index contributed by atoms with van der Waals surface area (Å²) in [6, 6.07) is 6.39. The van der Waals surface area contributed by atoms with Crippen LogP contribution in [0, 0.1) is 0 Å². The number of aromatic nitrogens is 5. The van der Waals surface area contributed by atoms with E-state index in [0.29, 0.717) is 0 Å². The maximum absolute atomic E-state index is 5.56. The molecule has 3 aromatic rings. The van der Waals surface area contributed by atoms with Crippen molar-refractivity contribution in [3.8, 4) is 0 Å². The van der Waals surface area contributed by atoms with Crippen LogP contribution in [-0.2, 0) is 11.3 Å². The Balaban J connectivity index is 1.64. The van der Waals surface area contributed by atoms with Crippen LogP contribution in [0.4, 0.5) is 0 Å². The summed E-state index contributed by atoms with van der Waals surface area (Å²) in [5, 5.41) is 6.98. The lowest BCUT2D eigenvalue weighted by molar-refractivity contribution is 0.107. The molecule has 0 bridgehead atoms. The SMILES string of the molecule is CO[C@@H]1C[C@@H](c2ncn[nH]2)N(Cc2cccc3nccn23)C1. The summed E-state index contributed by atoms with van der Waals surface area (Å²) in [5.41, 5.74) is 2.17. The lowest BCUT2D eigenvalue weighted by Gasteiger charge is -2.22. The van der Waals surface area contributed by atoms with Crippen LogP contribution in [0.25, 0.3) is 5.65 Å². The zero-order valence-electron chi connectivity index (χ0n) is 12.4. The number of hydrogen-bond acceptors (Lipinski definition) is 5. The van der Waals surface area contributed by atoms with E-state index in [0.717, 1.165) is 31.0 Å². The number of aromatic amines is 1. The number of ether oxygens (including phenoxy) is 1. The quantitative estimate of drug-likeness (QED) is 0.788. The molecule has 0 unspecified atom stereocenters. The van der Waals surface area contributed by atoms with Crippen LogP contribution in [0.2, 0.25) is 0 Å². The highest BCUT2D eigenvalue weighted by molar-refractivity contribution is 5.39. The first kappa shape index (κ1) is 13.4. The minimum Gasteiger partial charge on any atom is -0.380 e. The van der Waals surface area contributed by atoms with E-state index in [4.69, 9.17) is 4.74 Å². The molecule has 2 atom stereocenters. The van der Waals surface area contributed by atoms with Crippen molar-refractivity contribution in [3.05, 3.63) is 48.4 Å². The van der Waals surface area contributed by atoms with Gasteiger partial charge in [-0.2, -0.15) is 5.10 Å². The van der Waals surface area contributed by atoms with Gasteiger partial charge in [0.2, 0.25) is 0 Å². The third kappa shape index (κ3) is 2.28. The van der Waals surface area contributed by atoms with Gasteiger partial charge in [-0.3, -0.25) is 10.00 Å². The van der Waals surface area contributed by atoms with E-state index in [9.17, 15) is 0 Å². The van der Waals surface area contributed by atoms with Gasteiger partial charge in [-0.05, 0) is 18.6 Å². The predicted octanol–water partition coefficient (Wildman–Crippen LogP) is 1.41. The van der Waals surface area contributed by atoms with Gasteiger partial charge in [-0.1, -0.05) is 6.07 Å². The summed E-state index contributed by atoms with van der Waals surface area (Å²) in [6.45, 7) is 1.70. The fraction of sp³-hybridized carbons (Fsp3) is 0.400. The summed E-state index contributed by atoms with van der Waals surface area (Å²) in [7, 11) is 1.77. The third-order valence-electron chi connectivity index (χ3n) is 4.33. The summed E-state index contributed by atoms with van der Waals surface area (Å²) in [6.07, 6.45) is 6.53.